The summed E-state index contributed by atoms with van der Waals surface area (Å²) in [5, 5.41) is 13.0. The standard InChI is InChI=1S/C26H25ClN4O4S2/c1-2-31-25(33)23(15-18-9-11-19(27)12-10-18)36-26(31)22(17-28)24(32)29-20-7-6-8-21(16-20)37(34,35)30-13-4-3-5-14-30/h6-12,15-16H,2-5,13-14H2,1H3,(H,29,32). The van der Waals surface area contributed by atoms with Crippen molar-refractivity contribution in [1.29, 1.82) is 5.26 Å². The van der Waals surface area contributed by atoms with Crippen molar-refractivity contribution in [1.82, 2.24) is 8.87 Å². The summed E-state index contributed by atoms with van der Waals surface area (Å²) < 4.78 is 29.5. The quantitative estimate of drug-likeness (QED) is 0.502. The maximum atomic E-state index is 13.1. The number of halogens is 1. The number of rotatable bonds is 6. The highest BCUT2D eigenvalue weighted by Gasteiger charge is 2.26. The van der Waals surface area contributed by atoms with E-state index in [0.717, 1.165) is 36.2 Å². The average molecular weight is 557 g/mol. The van der Waals surface area contributed by atoms with Crippen LogP contribution in [0.5, 0.6) is 0 Å². The van der Waals surface area contributed by atoms with Crippen LogP contribution >= 0.6 is 22.9 Å². The predicted molar refractivity (Wildman–Crippen MR) is 145 cm³/mol. The number of hydrogen-bond donors (Lipinski definition) is 1. The van der Waals surface area contributed by atoms with Crippen LogP contribution in [0.15, 0.2) is 58.2 Å². The molecule has 0 atom stereocenters. The van der Waals surface area contributed by atoms with Crippen LogP contribution in [-0.4, -0.2) is 36.3 Å². The normalized spacial score (nSPS) is 15.8. The van der Waals surface area contributed by atoms with Gasteiger partial charge >= 0.3 is 0 Å². The fourth-order valence-electron chi connectivity index (χ4n) is 4.08. The van der Waals surface area contributed by atoms with Crippen LogP contribution in [0, 0.1) is 11.3 Å². The third-order valence-electron chi connectivity index (χ3n) is 5.99. The van der Waals surface area contributed by atoms with Gasteiger partial charge in [-0.15, -0.1) is 11.3 Å². The summed E-state index contributed by atoms with van der Waals surface area (Å²) in [4.78, 5) is 26.2. The Kier molecular flexibility index (Phi) is 8.29. The molecule has 2 heterocycles. The SMILES string of the molecule is CCn1c(=C(C#N)C(=O)Nc2cccc(S(=O)(=O)N3CCCCC3)c2)sc(=Cc2ccc(Cl)cc2)c1=O. The highest BCUT2D eigenvalue weighted by molar-refractivity contribution is 7.89. The first-order valence-corrected chi connectivity index (χ1v) is 14.4. The molecule has 1 fully saturated rings. The van der Waals surface area contributed by atoms with Gasteiger partial charge in [-0.1, -0.05) is 36.2 Å². The van der Waals surface area contributed by atoms with Crippen LogP contribution in [-0.2, 0) is 21.4 Å². The molecule has 1 aliphatic heterocycles. The Morgan fingerprint density at radius 3 is 2.51 bits per heavy atom. The number of nitrogens with zero attached hydrogens (tertiary/aromatic N) is 3. The van der Waals surface area contributed by atoms with E-state index in [-0.39, 0.29) is 32.9 Å². The lowest BCUT2D eigenvalue weighted by Gasteiger charge is -2.26. The number of nitrogens with one attached hydrogen (secondary N) is 1. The van der Waals surface area contributed by atoms with E-state index in [1.54, 1.807) is 49.4 Å². The molecule has 0 radical (unpaired) electrons. The highest BCUT2D eigenvalue weighted by atomic mass is 35.5. The second-order valence-electron chi connectivity index (χ2n) is 8.45. The topological polar surface area (TPSA) is 112 Å². The molecular formula is C26H25ClN4O4S2. The molecule has 4 rings (SSSR count). The lowest BCUT2D eigenvalue weighted by molar-refractivity contribution is -0.111. The van der Waals surface area contributed by atoms with E-state index in [1.807, 2.05) is 6.07 Å². The number of anilines is 1. The molecular weight excluding hydrogens is 532 g/mol. The first kappa shape index (κ1) is 26.8. The van der Waals surface area contributed by atoms with Crippen molar-refractivity contribution in [2.75, 3.05) is 18.4 Å². The van der Waals surface area contributed by atoms with E-state index >= 15 is 0 Å². The maximum absolute atomic E-state index is 13.1. The zero-order valence-corrected chi connectivity index (χ0v) is 22.5. The minimum absolute atomic E-state index is 0.0761. The second kappa shape index (κ2) is 11.4. The van der Waals surface area contributed by atoms with Gasteiger partial charge in [-0.3, -0.25) is 14.2 Å². The minimum Gasteiger partial charge on any atom is -0.321 e. The average Bonchev–Trinajstić information content (AvgIpc) is 3.20. The molecule has 3 aromatic rings. The number of sulfonamides is 1. The molecule has 1 N–H and O–H groups in total. The summed E-state index contributed by atoms with van der Waals surface area (Å²) in [5.41, 5.74) is 0.453. The van der Waals surface area contributed by atoms with Crippen molar-refractivity contribution in [2.24, 2.45) is 0 Å². The zero-order valence-electron chi connectivity index (χ0n) is 20.1. The molecule has 8 nitrogen and oxygen atoms in total. The van der Waals surface area contributed by atoms with E-state index in [2.05, 4.69) is 5.32 Å². The van der Waals surface area contributed by atoms with Crippen molar-refractivity contribution < 1.29 is 13.2 Å². The van der Waals surface area contributed by atoms with Gasteiger partial charge < -0.3 is 5.32 Å². The fraction of sp³-hybridized carbons (Fsp3) is 0.269. The smallest absolute Gasteiger partial charge is 0.269 e. The van der Waals surface area contributed by atoms with E-state index in [9.17, 15) is 23.3 Å². The van der Waals surface area contributed by atoms with Crippen LogP contribution in [0.25, 0.3) is 11.6 Å². The Morgan fingerprint density at radius 1 is 1.16 bits per heavy atom. The van der Waals surface area contributed by atoms with E-state index in [1.165, 1.54) is 21.0 Å². The molecule has 0 bridgehead atoms. The van der Waals surface area contributed by atoms with Crippen molar-refractivity contribution in [3.05, 3.63) is 78.7 Å². The number of carbonyl (C=O) groups is 1. The summed E-state index contributed by atoms with van der Waals surface area (Å²) in [6.07, 6.45) is 4.31. The third-order valence-corrected chi connectivity index (χ3v) is 9.27. The van der Waals surface area contributed by atoms with Crippen LogP contribution in [0.3, 0.4) is 0 Å². The number of thiazole rings is 1. The molecule has 1 saturated heterocycles. The van der Waals surface area contributed by atoms with E-state index < -0.39 is 15.9 Å². The van der Waals surface area contributed by atoms with Crippen LogP contribution in [0.4, 0.5) is 5.69 Å². The van der Waals surface area contributed by atoms with Gasteiger partial charge in [-0.25, -0.2) is 8.42 Å². The third kappa shape index (κ3) is 5.86. The number of benzene rings is 2. The van der Waals surface area contributed by atoms with Gasteiger partial charge in [0.25, 0.3) is 11.5 Å². The minimum atomic E-state index is -3.69. The number of hydrogen-bond acceptors (Lipinski definition) is 6. The van der Waals surface area contributed by atoms with Gasteiger partial charge in [0.05, 0.1) is 9.43 Å². The van der Waals surface area contributed by atoms with Crippen molar-refractivity contribution in [3.63, 3.8) is 0 Å². The van der Waals surface area contributed by atoms with E-state index in [4.69, 9.17) is 11.6 Å². The summed E-state index contributed by atoms with van der Waals surface area (Å²) in [6, 6.07) is 14.9. The first-order valence-electron chi connectivity index (χ1n) is 11.8. The molecule has 37 heavy (non-hydrogen) atoms. The molecule has 0 spiro atoms. The van der Waals surface area contributed by atoms with Crippen molar-refractivity contribution in [2.45, 2.75) is 37.6 Å². The Balaban J connectivity index is 1.70. The molecule has 1 aromatic heterocycles. The lowest BCUT2D eigenvalue weighted by atomic mass is 10.2. The Labute approximate surface area is 223 Å². The largest absolute Gasteiger partial charge is 0.321 e. The fourth-order valence-corrected chi connectivity index (χ4v) is 6.93. The van der Waals surface area contributed by atoms with Crippen LogP contribution < -0.4 is 20.1 Å². The summed E-state index contributed by atoms with van der Waals surface area (Å²) in [5.74, 6) is -0.725. The second-order valence-corrected chi connectivity index (χ2v) is 11.9. The summed E-state index contributed by atoms with van der Waals surface area (Å²) in [6.45, 7) is 2.95. The lowest BCUT2D eigenvalue weighted by Crippen LogP contribution is -2.35. The molecule has 1 aliphatic rings. The first-order chi connectivity index (χ1) is 17.7. The number of piperidine rings is 1. The Hall–Kier alpha value is -3.23. The molecule has 0 saturated carbocycles. The molecule has 11 heteroatoms. The Bertz CT molecular complexity index is 1650. The van der Waals surface area contributed by atoms with Gasteiger partial charge in [0.15, 0.2) is 5.57 Å². The number of nitriles is 1. The number of amides is 1. The molecule has 192 valence electrons. The number of carbonyl (C=O) groups excluding carboxylic acids is 1. The molecule has 1 amide bonds. The summed E-state index contributed by atoms with van der Waals surface area (Å²) in [7, 11) is -3.69. The van der Waals surface area contributed by atoms with Gasteiger partial charge in [0, 0.05) is 30.3 Å². The van der Waals surface area contributed by atoms with Gasteiger partial charge in [-0.2, -0.15) is 9.57 Å². The molecule has 2 aromatic carbocycles. The van der Waals surface area contributed by atoms with E-state index in [0.29, 0.717) is 22.6 Å². The van der Waals surface area contributed by atoms with Gasteiger partial charge in [0.2, 0.25) is 10.0 Å². The summed E-state index contributed by atoms with van der Waals surface area (Å²) >= 11 is 6.98. The maximum Gasteiger partial charge on any atom is 0.269 e. The highest BCUT2D eigenvalue weighted by Crippen LogP contribution is 2.23. The van der Waals surface area contributed by atoms with Crippen molar-refractivity contribution >= 4 is 56.2 Å². The van der Waals surface area contributed by atoms with Gasteiger partial charge in [0.1, 0.15) is 10.7 Å². The predicted octanol–water partition coefficient (Wildman–Crippen LogP) is 2.90. The van der Waals surface area contributed by atoms with Crippen LogP contribution in [0.1, 0.15) is 31.7 Å². The monoisotopic (exact) mass is 556 g/mol. The number of aromatic nitrogens is 1. The van der Waals surface area contributed by atoms with Crippen LogP contribution in [0.2, 0.25) is 5.02 Å². The molecule has 0 unspecified atom stereocenters. The van der Waals surface area contributed by atoms with Gasteiger partial charge in [-0.05, 0) is 61.7 Å². The molecule has 0 aliphatic carbocycles. The zero-order chi connectivity index (χ0) is 26.6. The Morgan fingerprint density at radius 2 is 1.86 bits per heavy atom. The van der Waals surface area contributed by atoms with Crippen molar-refractivity contribution in [3.8, 4) is 6.07 Å².